The van der Waals surface area contributed by atoms with Crippen molar-refractivity contribution in [1.29, 1.82) is 0 Å². The topological polar surface area (TPSA) is 189 Å². The van der Waals surface area contributed by atoms with Crippen molar-refractivity contribution in [3.05, 3.63) is 24.3 Å². The van der Waals surface area contributed by atoms with Crippen LogP contribution in [0.25, 0.3) is 0 Å². The zero-order chi connectivity index (χ0) is 32.2. The maximum atomic E-state index is 11.5. The van der Waals surface area contributed by atoms with E-state index >= 15 is 0 Å². The second-order valence-electron chi connectivity index (χ2n) is 10.2. The Morgan fingerprint density at radius 3 is 1.81 bits per heavy atom. The van der Waals surface area contributed by atoms with Gasteiger partial charge < -0.3 is 35.6 Å². The van der Waals surface area contributed by atoms with Gasteiger partial charge in [0.25, 0.3) is 0 Å². The quantitative estimate of drug-likeness (QED) is 0.0367. The van der Waals surface area contributed by atoms with Crippen LogP contribution < -0.4 is 15.5 Å². The molecule has 0 aliphatic rings. The molecular formula is C30H54CaN4O8. The predicted molar refractivity (Wildman–Crippen MR) is 167 cm³/mol. The van der Waals surface area contributed by atoms with Crippen molar-refractivity contribution in [3.8, 4) is 0 Å². The van der Waals surface area contributed by atoms with E-state index in [4.69, 9.17) is 5.11 Å². The zero-order valence-corrected chi connectivity index (χ0v) is 28.9. The molecule has 4 N–H and O–H groups in total. The van der Waals surface area contributed by atoms with Crippen LogP contribution in [-0.2, 0) is 14.4 Å². The number of aliphatic hydroxyl groups is 2. The van der Waals surface area contributed by atoms with Crippen LogP contribution in [-0.4, -0.2) is 151 Å². The van der Waals surface area contributed by atoms with Crippen LogP contribution in [0.2, 0.25) is 0 Å². The number of carboxylic acids is 2. The van der Waals surface area contributed by atoms with Gasteiger partial charge in [0.05, 0.1) is 31.3 Å². The second-order valence-corrected chi connectivity index (χ2v) is 10.2. The summed E-state index contributed by atoms with van der Waals surface area (Å²) in [5, 5.41) is 52.1. The number of hydrogen-bond acceptors (Lipinski definition) is 10. The molecule has 0 aliphatic heterocycles. The molecule has 43 heavy (non-hydrogen) atoms. The molecule has 2 unspecified atom stereocenters. The third-order valence-corrected chi connectivity index (χ3v) is 5.65. The summed E-state index contributed by atoms with van der Waals surface area (Å²) in [5.74, 6) is -2.63. The molecule has 1 amide bonds. The van der Waals surface area contributed by atoms with Gasteiger partial charge in [-0.1, -0.05) is 57.8 Å². The van der Waals surface area contributed by atoms with Gasteiger partial charge in [-0.05, 0) is 51.5 Å². The van der Waals surface area contributed by atoms with Crippen molar-refractivity contribution in [3.63, 3.8) is 0 Å². The van der Waals surface area contributed by atoms with Crippen molar-refractivity contribution in [1.82, 2.24) is 15.1 Å². The van der Waals surface area contributed by atoms with Crippen LogP contribution in [0.3, 0.4) is 0 Å². The molecule has 0 aromatic heterocycles. The van der Waals surface area contributed by atoms with Crippen LogP contribution in [0.15, 0.2) is 29.3 Å². The Balaban J connectivity index is -0.000000727. The van der Waals surface area contributed by atoms with Gasteiger partial charge in [0.1, 0.15) is 0 Å². The fraction of sp³-hybridized carbons (Fsp3) is 0.733. The van der Waals surface area contributed by atoms with Gasteiger partial charge in [-0.25, -0.2) is 0 Å². The number of aliphatic carboxylic acids is 2. The number of carbonyl (C=O) groups excluding carboxylic acids is 2. The summed E-state index contributed by atoms with van der Waals surface area (Å²) in [5.41, 5.74) is 0. The maximum Gasteiger partial charge on any atom is 2.00 e. The van der Waals surface area contributed by atoms with Crippen molar-refractivity contribution in [2.45, 2.75) is 91.3 Å². The first-order chi connectivity index (χ1) is 19.9. The third-order valence-electron chi connectivity index (χ3n) is 5.65. The van der Waals surface area contributed by atoms with E-state index in [0.29, 0.717) is 19.6 Å². The number of nitrogens with zero attached hydrogens (tertiary/aromatic N) is 3. The maximum absolute atomic E-state index is 11.5. The molecule has 0 saturated heterocycles. The Morgan fingerprint density at radius 1 is 0.837 bits per heavy atom. The number of allylic oxidation sites excluding steroid dienone is 2. The summed E-state index contributed by atoms with van der Waals surface area (Å²) in [6.07, 6.45) is 13.9. The summed E-state index contributed by atoms with van der Waals surface area (Å²) in [6.45, 7) is 8.75. The smallest absolute Gasteiger partial charge is 0.859 e. The van der Waals surface area contributed by atoms with Crippen molar-refractivity contribution >= 4 is 61.5 Å². The number of unbranched alkanes of at least 4 members (excludes halogenated alkanes) is 6. The number of aliphatic hydroxyl groups excluding tert-OH is 2. The molecule has 2 atom stereocenters. The van der Waals surface area contributed by atoms with Gasteiger partial charge in [-0.2, -0.15) is 0 Å². The first-order valence-electron chi connectivity index (χ1n) is 15.0. The number of amides is 1. The van der Waals surface area contributed by atoms with Crippen LogP contribution in [0.4, 0.5) is 0 Å². The van der Waals surface area contributed by atoms with Gasteiger partial charge in [-0.3, -0.25) is 24.4 Å². The number of carbonyl (C=O) groups is 3. The average molecular weight is 639 g/mol. The van der Waals surface area contributed by atoms with E-state index in [2.05, 4.69) is 24.2 Å². The molecule has 244 valence electrons. The van der Waals surface area contributed by atoms with E-state index in [9.17, 15) is 34.8 Å². The Morgan fingerprint density at radius 2 is 1.35 bits per heavy atom. The molecule has 0 aromatic carbocycles. The van der Waals surface area contributed by atoms with E-state index in [1.54, 1.807) is 18.7 Å². The number of rotatable bonds is 24. The van der Waals surface area contributed by atoms with Crippen molar-refractivity contribution in [2.24, 2.45) is 4.99 Å². The van der Waals surface area contributed by atoms with Gasteiger partial charge in [0, 0.05) is 39.3 Å². The van der Waals surface area contributed by atoms with E-state index in [-0.39, 0.29) is 82.3 Å². The molecular weight excluding hydrogens is 584 g/mol. The normalized spacial score (nSPS) is 13.1. The molecule has 0 aliphatic carbocycles. The Kier molecular flexibility index (Phi) is 34.0. The molecule has 0 aromatic rings. The predicted octanol–water partition coefficient (Wildman–Crippen LogP) is -0.0599. The first-order valence-corrected chi connectivity index (χ1v) is 15.0. The van der Waals surface area contributed by atoms with Crippen LogP contribution >= 0.6 is 0 Å². The average Bonchev–Trinajstić information content (AvgIpc) is 2.87. The Hall–Kier alpha value is -1.54. The minimum absolute atomic E-state index is 0. The molecule has 0 fully saturated rings. The van der Waals surface area contributed by atoms with E-state index < -0.39 is 24.1 Å². The molecule has 13 heteroatoms. The molecule has 0 bridgehead atoms. The number of carboxylic acid groups (broad SMARTS) is 2. The molecule has 12 nitrogen and oxygen atoms in total. The second kappa shape index (κ2) is 31.9. The third kappa shape index (κ3) is 36.6. The summed E-state index contributed by atoms with van der Waals surface area (Å²) >= 11 is 0. The molecule has 0 spiro atoms. The first kappa shape index (κ1) is 45.9. The largest absolute Gasteiger partial charge is 2.00 e. The fourth-order valence-corrected chi connectivity index (χ4v) is 3.74. The van der Waals surface area contributed by atoms with Gasteiger partial charge in [0.2, 0.25) is 5.91 Å². The fourth-order valence-electron chi connectivity index (χ4n) is 3.74. The van der Waals surface area contributed by atoms with Crippen LogP contribution in [0, 0.1) is 0 Å². The van der Waals surface area contributed by atoms with Gasteiger partial charge >= 0.3 is 43.7 Å². The van der Waals surface area contributed by atoms with E-state index in [1.165, 1.54) is 17.1 Å². The molecule has 0 saturated carbocycles. The Bertz CT molecular complexity index is 807. The summed E-state index contributed by atoms with van der Waals surface area (Å²) in [7, 11) is 0. The summed E-state index contributed by atoms with van der Waals surface area (Å²) < 4.78 is 0. The van der Waals surface area contributed by atoms with E-state index in [0.717, 1.165) is 51.4 Å². The number of nitrogens with one attached hydrogen (secondary N) is 1. The molecule has 0 heterocycles. The number of hydrogen-bond donors (Lipinski definition) is 4. The van der Waals surface area contributed by atoms with Crippen molar-refractivity contribution in [2.75, 3.05) is 52.4 Å². The zero-order valence-electron chi connectivity index (χ0n) is 26.7. The molecule has 0 radical (unpaired) electrons. The minimum atomic E-state index is -1.21. The van der Waals surface area contributed by atoms with Crippen LogP contribution in [0.5, 0.6) is 0 Å². The Labute approximate surface area is 287 Å². The summed E-state index contributed by atoms with van der Waals surface area (Å²) in [4.78, 5) is 39.7. The monoisotopic (exact) mass is 638 g/mol. The summed E-state index contributed by atoms with van der Waals surface area (Å²) in [6, 6.07) is 0. The van der Waals surface area contributed by atoms with Crippen molar-refractivity contribution < 1.29 is 39.9 Å². The SMILES string of the molecule is CCCCC/C=C/C(=O)NCCN(CC(=O)O)CC(C)O.CCCCC/C=C/C([O-])=NCCN(CC(=O)[O-])CC(C)O.[Ca+2]. The molecule has 0 rings (SSSR count). The van der Waals surface area contributed by atoms with Gasteiger partial charge in [-0.15, -0.1) is 0 Å². The van der Waals surface area contributed by atoms with Gasteiger partial charge in [0.15, 0.2) is 0 Å². The number of aliphatic imine (C=N–C) groups is 1. The van der Waals surface area contributed by atoms with Crippen LogP contribution in [0.1, 0.15) is 79.1 Å². The minimum Gasteiger partial charge on any atom is -0.859 e. The standard InChI is InChI=1S/2C15H28N2O4.Ca/c2*1-3-4-5-6-7-8-14(19)16-9-10-17(11-13(2)18)12-15(20)21;/h2*7-8,13,18H,3-6,9-12H2,1-2H3,(H,16,19)(H,20,21);/q;;+2/p-2/b2*8-7+;. The van der Waals surface area contributed by atoms with E-state index in [1.807, 2.05) is 12.2 Å².